The predicted molar refractivity (Wildman–Crippen MR) is 120 cm³/mol. The Labute approximate surface area is 179 Å². The van der Waals surface area contributed by atoms with Gasteiger partial charge >= 0.3 is 0 Å². The molecule has 0 bridgehead atoms. The summed E-state index contributed by atoms with van der Waals surface area (Å²) >= 11 is 0. The zero-order valence-electron chi connectivity index (χ0n) is 18.3. The second-order valence-corrected chi connectivity index (χ2v) is 8.32. The van der Waals surface area contributed by atoms with Crippen LogP contribution in [0.5, 0.6) is 11.5 Å². The number of methoxy groups -OCH3 is 2. The highest BCUT2D eigenvalue weighted by molar-refractivity contribution is 5.99. The van der Waals surface area contributed by atoms with Crippen molar-refractivity contribution in [3.05, 3.63) is 58.7 Å². The quantitative estimate of drug-likeness (QED) is 0.502. The predicted octanol–water partition coefficient (Wildman–Crippen LogP) is 6.01. The monoisotopic (exact) mass is 408 g/mol. The summed E-state index contributed by atoms with van der Waals surface area (Å²) in [5.41, 5.74) is 8.25. The Kier molecular flexibility index (Phi) is 6.76. The third-order valence-electron chi connectivity index (χ3n) is 6.21. The van der Waals surface area contributed by atoms with Gasteiger partial charge in [0.15, 0.2) is 13.6 Å². The van der Waals surface area contributed by atoms with Crippen LogP contribution in [0.3, 0.4) is 0 Å². The molecule has 0 heterocycles. The first kappa shape index (κ1) is 21.0. The molecule has 0 radical (unpaired) electrons. The summed E-state index contributed by atoms with van der Waals surface area (Å²) in [4.78, 5) is 0. The van der Waals surface area contributed by atoms with Crippen molar-refractivity contribution in [1.82, 2.24) is 0 Å². The molecule has 1 fully saturated rings. The van der Waals surface area contributed by atoms with E-state index in [1.165, 1.54) is 59.9 Å². The molecule has 2 aromatic carbocycles. The molecule has 2 aliphatic rings. The summed E-state index contributed by atoms with van der Waals surface area (Å²) in [6, 6.07) is 13.0. The number of allylic oxidation sites excluding steroid dienone is 2. The van der Waals surface area contributed by atoms with Crippen LogP contribution in [0.4, 0.5) is 0 Å². The molecular weight excluding hydrogens is 376 g/mol. The van der Waals surface area contributed by atoms with Crippen LogP contribution >= 0.6 is 0 Å². The third-order valence-corrected chi connectivity index (χ3v) is 6.21. The molecule has 0 amide bonds. The van der Waals surface area contributed by atoms with E-state index in [2.05, 4.69) is 31.2 Å². The fourth-order valence-corrected chi connectivity index (χ4v) is 4.89. The second-order valence-electron chi connectivity index (χ2n) is 8.32. The fourth-order valence-electron chi connectivity index (χ4n) is 4.89. The summed E-state index contributed by atoms with van der Waals surface area (Å²) < 4.78 is 21.9. The lowest BCUT2D eigenvalue weighted by atomic mass is 9.79. The Balaban J connectivity index is 1.79. The fraction of sp³-hybridized carbons (Fsp3) is 0.462. The van der Waals surface area contributed by atoms with Crippen molar-refractivity contribution in [1.29, 1.82) is 0 Å². The molecule has 0 spiro atoms. The summed E-state index contributed by atoms with van der Waals surface area (Å²) in [5, 5.41) is 0. The van der Waals surface area contributed by atoms with E-state index in [1.54, 1.807) is 14.2 Å². The average molecular weight is 409 g/mol. The smallest absolute Gasteiger partial charge is 0.188 e. The van der Waals surface area contributed by atoms with Crippen LogP contribution in [0.15, 0.2) is 36.4 Å². The molecule has 1 saturated carbocycles. The van der Waals surface area contributed by atoms with Crippen molar-refractivity contribution in [2.24, 2.45) is 5.92 Å². The van der Waals surface area contributed by atoms with E-state index in [4.69, 9.17) is 18.9 Å². The first-order valence-electron chi connectivity index (χ1n) is 10.9. The number of hydrogen-bond acceptors (Lipinski definition) is 4. The number of fused-ring (bicyclic) bond motifs is 1. The van der Waals surface area contributed by atoms with Crippen molar-refractivity contribution < 1.29 is 18.9 Å². The van der Waals surface area contributed by atoms with E-state index in [0.29, 0.717) is 5.92 Å². The van der Waals surface area contributed by atoms with E-state index in [9.17, 15) is 0 Å². The average Bonchev–Trinajstić information content (AvgIpc) is 3.15. The number of hydrogen-bond donors (Lipinski definition) is 0. The Morgan fingerprint density at radius 2 is 1.57 bits per heavy atom. The van der Waals surface area contributed by atoms with Gasteiger partial charge in [-0.3, -0.25) is 0 Å². The molecule has 0 atom stereocenters. The van der Waals surface area contributed by atoms with Crippen molar-refractivity contribution >= 4 is 11.1 Å². The zero-order chi connectivity index (χ0) is 20.9. The molecule has 4 rings (SSSR count). The van der Waals surface area contributed by atoms with Crippen molar-refractivity contribution in [2.75, 3.05) is 27.8 Å². The lowest BCUT2D eigenvalue weighted by Crippen LogP contribution is -2.09. The van der Waals surface area contributed by atoms with Crippen LogP contribution in [0.2, 0.25) is 0 Å². The maximum atomic E-state index is 6.00. The minimum Gasteiger partial charge on any atom is -0.467 e. The van der Waals surface area contributed by atoms with Gasteiger partial charge in [-0.1, -0.05) is 43.0 Å². The SMILES string of the molecule is COCOc1ccc(C2=C(C3CCCCC3)c3ccc(C)cc3C2)c(OCOC)c1. The molecule has 0 aromatic heterocycles. The maximum absolute atomic E-state index is 6.00. The maximum Gasteiger partial charge on any atom is 0.188 e. The molecule has 0 saturated heterocycles. The Hall–Kier alpha value is -2.30. The van der Waals surface area contributed by atoms with Crippen LogP contribution < -0.4 is 9.47 Å². The van der Waals surface area contributed by atoms with E-state index in [0.717, 1.165) is 23.5 Å². The molecule has 2 aromatic rings. The topological polar surface area (TPSA) is 36.9 Å². The van der Waals surface area contributed by atoms with E-state index < -0.39 is 0 Å². The van der Waals surface area contributed by atoms with Gasteiger partial charge in [-0.2, -0.15) is 0 Å². The van der Waals surface area contributed by atoms with Gasteiger partial charge in [0.2, 0.25) is 0 Å². The molecule has 4 nitrogen and oxygen atoms in total. The molecule has 0 aliphatic heterocycles. The van der Waals surface area contributed by atoms with Crippen LogP contribution in [0, 0.1) is 12.8 Å². The van der Waals surface area contributed by atoms with Crippen molar-refractivity contribution in [3.63, 3.8) is 0 Å². The Morgan fingerprint density at radius 1 is 0.833 bits per heavy atom. The minimum absolute atomic E-state index is 0.207. The highest BCUT2D eigenvalue weighted by atomic mass is 16.7. The van der Waals surface area contributed by atoms with Crippen LogP contribution in [0.25, 0.3) is 11.1 Å². The molecule has 0 unspecified atom stereocenters. The van der Waals surface area contributed by atoms with Crippen LogP contribution in [-0.2, 0) is 15.9 Å². The van der Waals surface area contributed by atoms with Crippen LogP contribution in [0.1, 0.15) is 54.4 Å². The normalized spacial score (nSPS) is 16.6. The number of rotatable bonds is 8. The highest BCUT2D eigenvalue weighted by Crippen LogP contribution is 2.48. The van der Waals surface area contributed by atoms with Crippen molar-refractivity contribution in [2.45, 2.75) is 45.4 Å². The van der Waals surface area contributed by atoms with Crippen LogP contribution in [-0.4, -0.2) is 27.8 Å². The highest BCUT2D eigenvalue weighted by Gasteiger charge is 2.30. The van der Waals surface area contributed by atoms with Gasteiger partial charge in [0, 0.05) is 25.8 Å². The van der Waals surface area contributed by atoms with Gasteiger partial charge in [0.1, 0.15) is 11.5 Å². The Morgan fingerprint density at radius 3 is 2.33 bits per heavy atom. The number of benzene rings is 2. The van der Waals surface area contributed by atoms with Gasteiger partial charge in [-0.25, -0.2) is 0 Å². The largest absolute Gasteiger partial charge is 0.467 e. The standard InChI is InChI=1S/C26H32O4/c1-18-9-11-22-20(13-18)14-24(26(22)19-7-5-4-6-8-19)23-12-10-21(29-16-27-2)15-25(23)30-17-28-3/h9-13,15,19H,4-8,14,16-17H2,1-3H3. The summed E-state index contributed by atoms with van der Waals surface area (Å²) in [5.74, 6) is 2.16. The summed E-state index contributed by atoms with van der Waals surface area (Å²) in [6.07, 6.45) is 7.49. The first-order valence-corrected chi connectivity index (χ1v) is 10.9. The first-order chi connectivity index (χ1) is 14.7. The van der Waals surface area contributed by atoms with E-state index in [1.807, 2.05) is 12.1 Å². The minimum atomic E-state index is 0.207. The number of ether oxygens (including phenoxy) is 4. The molecule has 30 heavy (non-hydrogen) atoms. The van der Waals surface area contributed by atoms with Gasteiger partial charge in [-0.05, 0) is 66.5 Å². The van der Waals surface area contributed by atoms with E-state index >= 15 is 0 Å². The van der Waals surface area contributed by atoms with Gasteiger partial charge in [-0.15, -0.1) is 0 Å². The molecular formula is C26H32O4. The third kappa shape index (κ3) is 4.40. The summed E-state index contributed by atoms with van der Waals surface area (Å²) in [7, 11) is 3.27. The molecule has 160 valence electrons. The van der Waals surface area contributed by atoms with Crippen molar-refractivity contribution in [3.8, 4) is 11.5 Å². The molecule has 0 N–H and O–H groups in total. The second kappa shape index (κ2) is 9.67. The molecule has 4 heteroatoms. The molecule has 2 aliphatic carbocycles. The number of aryl methyl sites for hydroxylation is 1. The lowest BCUT2D eigenvalue weighted by molar-refractivity contribution is 0.0459. The zero-order valence-corrected chi connectivity index (χ0v) is 18.3. The summed E-state index contributed by atoms with van der Waals surface area (Å²) in [6.45, 7) is 2.59. The van der Waals surface area contributed by atoms with Gasteiger partial charge in [0.05, 0.1) is 0 Å². The lowest BCUT2D eigenvalue weighted by Gasteiger charge is -2.26. The van der Waals surface area contributed by atoms with E-state index in [-0.39, 0.29) is 13.6 Å². The Bertz CT molecular complexity index is 909. The van der Waals surface area contributed by atoms with Gasteiger partial charge < -0.3 is 18.9 Å². The van der Waals surface area contributed by atoms with Gasteiger partial charge in [0.25, 0.3) is 0 Å².